The van der Waals surface area contributed by atoms with Crippen molar-refractivity contribution in [2.75, 3.05) is 25.9 Å². The van der Waals surface area contributed by atoms with Crippen molar-refractivity contribution in [3.8, 4) is 5.75 Å². The van der Waals surface area contributed by atoms with Gasteiger partial charge in [0.25, 0.3) is 5.91 Å². The first-order valence-corrected chi connectivity index (χ1v) is 11.1. The number of nitrogens with zero attached hydrogens (tertiary/aromatic N) is 1. The normalized spacial score (nSPS) is 19.5. The van der Waals surface area contributed by atoms with E-state index in [9.17, 15) is 13.2 Å². The first-order valence-electron chi connectivity index (χ1n) is 9.25. The Morgan fingerprint density at radius 3 is 2.50 bits per heavy atom. The van der Waals surface area contributed by atoms with Crippen molar-refractivity contribution < 1.29 is 17.9 Å². The summed E-state index contributed by atoms with van der Waals surface area (Å²) >= 11 is 0. The molecule has 26 heavy (non-hydrogen) atoms. The van der Waals surface area contributed by atoms with Crippen molar-refractivity contribution in [2.24, 2.45) is 0 Å². The van der Waals surface area contributed by atoms with Gasteiger partial charge < -0.3 is 10.1 Å². The Morgan fingerprint density at radius 2 is 1.92 bits per heavy atom. The average Bonchev–Trinajstić information content (AvgIpc) is 3.11. The summed E-state index contributed by atoms with van der Waals surface area (Å²) in [6.07, 6.45) is 5.57. The van der Waals surface area contributed by atoms with Gasteiger partial charge in [0.05, 0.1) is 16.6 Å². The van der Waals surface area contributed by atoms with Crippen molar-refractivity contribution in [3.63, 3.8) is 0 Å². The third-order valence-electron chi connectivity index (χ3n) is 5.38. The van der Waals surface area contributed by atoms with Crippen LogP contribution in [0.4, 0.5) is 0 Å². The highest BCUT2D eigenvalue weighted by atomic mass is 32.2. The molecule has 2 heterocycles. The molecular formula is C19H28N2O4S. The van der Waals surface area contributed by atoms with Crippen LogP contribution in [0.3, 0.4) is 0 Å². The van der Waals surface area contributed by atoms with E-state index in [1.165, 1.54) is 25.0 Å². The molecule has 0 aliphatic carbocycles. The molecule has 0 radical (unpaired) electrons. The van der Waals surface area contributed by atoms with E-state index in [4.69, 9.17) is 4.74 Å². The predicted octanol–water partition coefficient (Wildman–Crippen LogP) is 2.24. The predicted molar refractivity (Wildman–Crippen MR) is 100 cm³/mol. The van der Waals surface area contributed by atoms with E-state index in [0.29, 0.717) is 12.3 Å². The third kappa shape index (κ3) is 3.88. The van der Waals surface area contributed by atoms with Gasteiger partial charge in [0.15, 0.2) is 9.84 Å². The van der Waals surface area contributed by atoms with Crippen LogP contribution < -0.4 is 10.1 Å². The van der Waals surface area contributed by atoms with Gasteiger partial charge in [0.2, 0.25) is 0 Å². The van der Waals surface area contributed by atoms with Gasteiger partial charge in [0, 0.05) is 18.3 Å². The molecular weight excluding hydrogens is 352 g/mol. The van der Waals surface area contributed by atoms with Gasteiger partial charge in [-0.15, -0.1) is 0 Å². The number of hydrogen-bond acceptors (Lipinski definition) is 5. The number of hydrogen-bond donors (Lipinski definition) is 1. The Balaban J connectivity index is 1.82. The lowest BCUT2D eigenvalue weighted by Gasteiger charge is -2.32. The fourth-order valence-electron chi connectivity index (χ4n) is 4.13. The van der Waals surface area contributed by atoms with Crippen molar-refractivity contribution in [1.82, 2.24) is 10.2 Å². The van der Waals surface area contributed by atoms with Gasteiger partial charge >= 0.3 is 0 Å². The quantitative estimate of drug-likeness (QED) is 0.819. The summed E-state index contributed by atoms with van der Waals surface area (Å²) < 4.78 is 29.5. The summed E-state index contributed by atoms with van der Waals surface area (Å²) in [6.45, 7) is 6.54. The Bertz CT molecular complexity index is 779. The molecule has 1 amide bonds. The van der Waals surface area contributed by atoms with E-state index < -0.39 is 9.84 Å². The number of carbonyl (C=O) groups is 1. The number of fused-ring (bicyclic) bond motifs is 1. The number of benzene rings is 1. The zero-order chi connectivity index (χ0) is 18.9. The molecule has 7 heteroatoms. The van der Waals surface area contributed by atoms with Crippen molar-refractivity contribution in [1.29, 1.82) is 0 Å². The largest absolute Gasteiger partial charge is 0.490 e. The lowest BCUT2D eigenvalue weighted by Crippen LogP contribution is -2.48. The molecule has 0 saturated carbocycles. The summed E-state index contributed by atoms with van der Waals surface area (Å²) in [7, 11) is -3.39. The topological polar surface area (TPSA) is 75.7 Å². The number of rotatable bonds is 6. The Morgan fingerprint density at radius 1 is 1.27 bits per heavy atom. The standard InChI is InChI=1S/C19H28N2O4S/c1-14(2)25-17-7-6-15(26(3,23)24)12-16(17)18(22)20-13-19-8-4-10-21(19)11-5-9-19/h6-7,12,14H,4-5,8-11,13H2,1-3H3,(H,20,22). The lowest BCUT2D eigenvalue weighted by molar-refractivity contribution is 0.0913. The minimum Gasteiger partial charge on any atom is -0.490 e. The van der Waals surface area contributed by atoms with E-state index in [0.717, 1.165) is 32.2 Å². The lowest BCUT2D eigenvalue weighted by atomic mass is 9.94. The summed E-state index contributed by atoms with van der Waals surface area (Å²) in [5, 5.41) is 3.04. The van der Waals surface area contributed by atoms with Crippen LogP contribution in [0.2, 0.25) is 0 Å². The van der Waals surface area contributed by atoms with Crippen LogP contribution in [0.25, 0.3) is 0 Å². The summed E-state index contributed by atoms with van der Waals surface area (Å²) in [5.41, 5.74) is 0.351. The second-order valence-electron chi connectivity index (χ2n) is 7.70. The maximum Gasteiger partial charge on any atom is 0.255 e. The Labute approximate surface area is 155 Å². The molecule has 3 rings (SSSR count). The first-order chi connectivity index (χ1) is 12.2. The molecule has 2 aliphatic rings. The number of ether oxygens (including phenoxy) is 1. The highest BCUT2D eigenvalue weighted by molar-refractivity contribution is 7.90. The van der Waals surface area contributed by atoms with Crippen LogP contribution in [0.15, 0.2) is 23.1 Å². The maximum atomic E-state index is 12.9. The van der Waals surface area contributed by atoms with E-state index in [1.807, 2.05) is 13.8 Å². The molecule has 1 aromatic rings. The van der Waals surface area contributed by atoms with E-state index in [2.05, 4.69) is 10.2 Å². The van der Waals surface area contributed by atoms with E-state index in [1.54, 1.807) is 6.07 Å². The molecule has 0 spiro atoms. The third-order valence-corrected chi connectivity index (χ3v) is 6.49. The SMILES string of the molecule is CC(C)Oc1ccc(S(C)(=O)=O)cc1C(=O)NCC12CCCN1CCC2. The molecule has 2 fully saturated rings. The van der Waals surface area contributed by atoms with Gasteiger partial charge in [-0.05, 0) is 70.8 Å². The molecule has 1 aromatic carbocycles. The molecule has 0 aromatic heterocycles. The number of sulfone groups is 1. The summed E-state index contributed by atoms with van der Waals surface area (Å²) in [5.74, 6) is 0.136. The average molecular weight is 381 g/mol. The second kappa shape index (κ2) is 7.19. The van der Waals surface area contributed by atoms with Crippen molar-refractivity contribution >= 4 is 15.7 Å². The van der Waals surface area contributed by atoms with E-state index >= 15 is 0 Å². The molecule has 1 N–H and O–H groups in total. The van der Waals surface area contributed by atoms with Crippen LogP contribution in [0, 0.1) is 0 Å². The number of nitrogens with one attached hydrogen (secondary N) is 1. The smallest absolute Gasteiger partial charge is 0.255 e. The fraction of sp³-hybridized carbons (Fsp3) is 0.632. The molecule has 2 saturated heterocycles. The van der Waals surface area contributed by atoms with Gasteiger partial charge in [-0.2, -0.15) is 0 Å². The molecule has 2 aliphatic heterocycles. The fourth-order valence-corrected chi connectivity index (χ4v) is 4.77. The van der Waals surface area contributed by atoms with Gasteiger partial charge in [-0.1, -0.05) is 0 Å². The summed E-state index contributed by atoms with van der Waals surface area (Å²) in [6, 6.07) is 4.47. The maximum absolute atomic E-state index is 12.9. The van der Waals surface area contributed by atoms with Crippen LogP contribution in [-0.4, -0.2) is 56.8 Å². The summed E-state index contributed by atoms with van der Waals surface area (Å²) in [4.78, 5) is 15.5. The first kappa shape index (κ1) is 19.2. The van der Waals surface area contributed by atoms with Gasteiger partial charge in [-0.25, -0.2) is 8.42 Å². The number of carbonyl (C=O) groups excluding carboxylic acids is 1. The monoisotopic (exact) mass is 380 g/mol. The minimum atomic E-state index is -3.39. The Kier molecular flexibility index (Phi) is 5.30. The van der Waals surface area contributed by atoms with Crippen LogP contribution in [0.5, 0.6) is 5.75 Å². The Hall–Kier alpha value is -1.60. The molecule has 0 bridgehead atoms. The highest BCUT2D eigenvalue weighted by Crippen LogP contribution is 2.38. The van der Waals surface area contributed by atoms with Crippen LogP contribution in [-0.2, 0) is 9.84 Å². The second-order valence-corrected chi connectivity index (χ2v) is 9.71. The van der Waals surface area contributed by atoms with Crippen LogP contribution >= 0.6 is 0 Å². The van der Waals surface area contributed by atoms with Gasteiger partial charge in [0.1, 0.15) is 5.75 Å². The minimum absolute atomic E-state index is 0.0726. The van der Waals surface area contributed by atoms with Crippen molar-refractivity contribution in [2.45, 2.75) is 56.1 Å². The molecule has 0 atom stereocenters. The van der Waals surface area contributed by atoms with E-state index in [-0.39, 0.29) is 28.0 Å². The molecule has 0 unspecified atom stereocenters. The van der Waals surface area contributed by atoms with Gasteiger partial charge in [-0.3, -0.25) is 9.69 Å². The van der Waals surface area contributed by atoms with Crippen molar-refractivity contribution in [3.05, 3.63) is 23.8 Å². The zero-order valence-electron chi connectivity index (χ0n) is 15.7. The molecule has 6 nitrogen and oxygen atoms in total. The zero-order valence-corrected chi connectivity index (χ0v) is 16.6. The molecule has 144 valence electrons. The highest BCUT2D eigenvalue weighted by Gasteiger charge is 2.44. The number of amides is 1. The van der Waals surface area contributed by atoms with Crippen LogP contribution in [0.1, 0.15) is 49.9 Å².